The molecular formula is C13H11F4N3. The lowest BCUT2D eigenvalue weighted by Gasteiger charge is -2.24. The maximum atomic E-state index is 13.8. The second kappa shape index (κ2) is 4.50. The highest BCUT2D eigenvalue weighted by Gasteiger charge is 2.46. The van der Waals surface area contributed by atoms with Crippen LogP contribution in [0.15, 0.2) is 30.5 Å². The molecule has 3 rings (SSSR count). The standard InChI is InChI=1S/C13H11F4N3/c14-8-1-2-10(15)9(5-8)11-6-13(16,17)7-20(11)12-3-4-18-19-12/h1-5,11H,6-7H2,(H,18,19). The average Bonchev–Trinajstić information content (AvgIpc) is 2.99. The lowest BCUT2D eigenvalue weighted by Crippen LogP contribution is -2.27. The van der Waals surface area contributed by atoms with Gasteiger partial charge in [-0.25, -0.2) is 17.6 Å². The van der Waals surface area contributed by atoms with Gasteiger partial charge in [0, 0.05) is 18.1 Å². The third kappa shape index (κ3) is 2.23. The van der Waals surface area contributed by atoms with Crippen LogP contribution in [0.1, 0.15) is 18.0 Å². The van der Waals surface area contributed by atoms with Gasteiger partial charge in [0.15, 0.2) is 0 Å². The molecule has 1 aromatic heterocycles. The van der Waals surface area contributed by atoms with E-state index in [1.165, 1.54) is 17.2 Å². The van der Waals surface area contributed by atoms with Crippen molar-refractivity contribution < 1.29 is 17.6 Å². The molecule has 1 fully saturated rings. The molecule has 0 radical (unpaired) electrons. The van der Waals surface area contributed by atoms with Crippen LogP contribution in [0.4, 0.5) is 23.4 Å². The summed E-state index contributed by atoms with van der Waals surface area (Å²) >= 11 is 0. The molecule has 1 unspecified atom stereocenters. The molecule has 0 amide bonds. The Labute approximate surface area is 112 Å². The Morgan fingerprint density at radius 3 is 2.75 bits per heavy atom. The summed E-state index contributed by atoms with van der Waals surface area (Å²) in [5.74, 6) is -3.95. The van der Waals surface area contributed by atoms with E-state index in [2.05, 4.69) is 10.2 Å². The van der Waals surface area contributed by atoms with Gasteiger partial charge in [0.2, 0.25) is 0 Å². The second-order valence-corrected chi connectivity index (χ2v) is 4.81. The molecule has 2 aromatic rings. The lowest BCUT2D eigenvalue weighted by atomic mass is 10.0. The van der Waals surface area contributed by atoms with Crippen LogP contribution in [0.3, 0.4) is 0 Å². The SMILES string of the molecule is Fc1ccc(F)c(C2CC(F)(F)CN2c2ccn[nH]2)c1. The summed E-state index contributed by atoms with van der Waals surface area (Å²) < 4.78 is 54.4. The number of nitrogens with zero attached hydrogens (tertiary/aromatic N) is 2. The van der Waals surface area contributed by atoms with Crippen molar-refractivity contribution in [1.29, 1.82) is 0 Å². The van der Waals surface area contributed by atoms with E-state index in [4.69, 9.17) is 0 Å². The molecule has 7 heteroatoms. The topological polar surface area (TPSA) is 31.9 Å². The van der Waals surface area contributed by atoms with Crippen LogP contribution in [-0.4, -0.2) is 22.7 Å². The Balaban J connectivity index is 2.03. The van der Waals surface area contributed by atoms with Crippen molar-refractivity contribution in [3.8, 4) is 0 Å². The van der Waals surface area contributed by atoms with Crippen LogP contribution in [-0.2, 0) is 0 Å². The first-order valence-corrected chi connectivity index (χ1v) is 6.05. The molecule has 106 valence electrons. The van der Waals surface area contributed by atoms with Gasteiger partial charge in [-0.15, -0.1) is 0 Å². The fourth-order valence-corrected chi connectivity index (χ4v) is 2.53. The van der Waals surface area contributed by atoms with E-state index in [1.807, 2.05) is 0 Å². The maximum absolute atomic E-state index is 13.8. The van der Waals surface area contributed by atoms with Crippen molar-refractivity contribution in [2.75, 3.05) is 11.4 Å². The molecule has 1 aliphatic rings. The fourth-order valence-electron chi connectivity index (χ4n) is 2.53. The molecule has 20 heavy (non-hydrogen) atoms. The van der Waals surface area contributed by atoms with Crippen molar-refractivity contribution in [3.63, 3.8) is 0 Å². The monoisotopic (exact) mass is 285 g/mol. The van der Waals surface area contributed by atoms with Crippen molar-refractivity contribution in [2.24, 2.45) is 0 Å². The Morgan fingerprint density at radius 2 is 2.05 bits per heavy atom. The number of nitrogens with one attached hydrogen (secondary N) is 1. The van der Waals surface area contributed by atoms with Gasteiger partial charge < -0.3 is 4.90 Å². The summed E-state index contributed by atoms with van der Waals surface area (Å²) in [5.41, 5.74) is -0.0724. The average molecular weight is 285 g/mol. The first kappa shape index (κ1) is 13.0. The predicted octanol–water partition coefficient (Wildman–Crippen LogP) is 3.27. The predicted molar refractivity (Wildman–Crippen MR) is 64.6 cm³/mol. The van der Waals surface area contributed by atoms with Crippen molar-refractivity contribution in [1.82, 2.24) is 10.2 Å². The van der Waals surface area contributed by atoms with Gasteiger partial charge in [-0.2, -0.15) is 5.10 Å². The molecule has 1 aromatic carbocycles. The third-order valence-electron chi connectivity index (χ3n) is 3.38. The van der Waals surface area contributed by atoms with Crippen molar-refractivity contribution in [2.45, 2.75) is 18.4 Å². The smallest absolute Gasteiger partial charge is 0.267 e. The minimum absolute atomic E-state index is 0.0724. The molecule has 2 heterocycles. The van der Waals surface area contributed by atoms with Crippen molar-refractivity contribution >= 4 is 5.82 Å². The summed E-state index contributed by atoms with van der Waals surface area (Å²) in [4.78, 5) is 1.31. The number of hydrogen-bond donors (Lipinski definition) is 1. The normalized spacial score (nSPS) is 21.4. The number of hydrogen-bond acceptors (Lipinski definition) is 2. The molecule has 1 N–H and O–H groups in total. The molecular weight excluding hydrogens is 274 g/mol. The minimum Gasteiger partial charge on any atom is -0.344 e. The lowest BCUT2D eigenvalue weighted by molar-refractivity contribution is 0.0222. The zero-order valence-corrected chi connectivity index (χ0v) is 10.3. The van der Waals surface area contributed by atoms with Crippen LogP contribution in [0.5, 0.6) is 0 Å². The van der Waals surface area contributed by atoms with Gasteiger partial charge in [0.25, 0.3) is 5.92 Å². The Hall–Kier alpha value is -2.05. The number of aromatic nitrogens is 2. The van der Waals surface area contributed by atoms with E-state index in [0.29, 0.717) is 5.82 Å². The molecule has 0 saturated carbocycles. The summed E-state index contributed by atoms with van der Waals surface area (Å²) in [6.07, 6.45) is 0.858. The molecule has 1 aliphatic heterocycles. The second-order valence-electron chi connectivity index (χ2n) is 4.81. The zero-order valence-electron chi connectivity index (χ0n) is 10.3. The number of benzene rings is 1. The summed E-state index contributed by atoms with van der Waals surface area (Å²) in [6, 6.07) is 3.47. The minimum atomic E-state index is -2.96. The van der Waals surface area contributed by atoms with E-state index in [0.717, 1.165) is 18.2 Å². The summed E-state index contributed by atoms with van der Waals surface area (Å²) in [7, 11) is 0. The number of alkyl halides is 2. The number of halogens is 4. The van der Waals surface area contributed by atoms with E-state index in [1.54, 1.807) is 0 Å². The highest BCUT2D eigenvalue weighted by atomic mass is 19.3. The van der Waals surface area contributed by atoms with Crippen molar-refractivity contribution in [3.05, 3.63) is 47.7 Å². The Kier molecular flexibility index (Phi) is 2.92. The van der Waals surface area contributed by atoms with Gasteiger partial charge >= 0.3 is 0 Å². The van der Waals surface area contributed by atoms with Gasteiger partial charge in [-0.3, -0.25) is 5.10 Å². The number of rotatable bonds is 2. The zero-order chi connectivity index (χ0) is 14.3. The van der Waals surface area contributed by atoms with Gasteiger partial charge in [0.05, 0.1) is 18.8 Å². The Morgan fingerprint density at radius 1 is 1.25 bits per heavy atom. The highest BCUT2D eigenvalue weighted by molar-refractivity contribution is 5.44. The first-order valence-electron chi connectivity index (χ1n) is 6.05. The quantitative estimate of drug-likeness (QED) is 0.859. The van der Waals surface area contributed by atoms with Crippen LogP contribution in [0.25, 0.3) is 0 Å². The molecule has 0 bridgehead atoms. The number of H-pyrrole nitrogens is 1. The molecule has 1 saturated heterocycles. The first-order chi connectivity index (χ1) is 9.46. The van der Waals surface area contributed by atoms with Crippen LogP contribution < -0.4 is 4.90 Å². The van der Waals surface area contributed by atoms with Gasteiger partial charge in [0.1, 0.15) is 17.5 Å². The van der Waals surface area contributed by atoms with E-state index >= 15 is 0 Å². The van der Waals surface area contributed by atoms with Gasteiger partial charge in [-0.05, 0) is 18.2 Å². The van der Waals surface area contributed by atoms with Gasteiger partial charge in [-0.1, -0.05) is 0 Å². The molecule has 3 nitrogen and oxygen atoms in total. The molecule has 0 spiro atoms. The number of aromatic amines is 1. The van der Waals surface area contributed by atoms with Crippen LogP contribution in [0, 0.1) is 11.6 Å². The summed E-state index contributed by atoms with van der Waals surface area (Å²) in [5, 5.41) is 6.28. The van der Waals surface area contributed by atoms with Crippen LogP contribution >= 0.6 is 0 Å². The Bertz CT molecular complexity index is 612. The fraction of sp³-hybridized carbons (Fsp3) is 0.308. The maximum Gasteiger partial charge on any atom is 0.267 e. The largest absolute Gasteiger partial charge is 0.344 e. The van der Waals surface area contributed by atoms with E-state index in [-0.39, 0.29) is 5.56 Å². The number of anilines is 1. The van der Waals surface area contributed by atoms with E-state index in [9.17, 15) is 17.6 Å². The summed E-state index contributed by atoms with van der Waals surface area (Å²) in [6.45, 7) is -0.560. The highest BCUT2D eigenvalue weighted by Crippen LogP contribution is 2.43. The van der Waals surface area contributed by atoms with E-state index < -0.39 is 36.6 Å². The molecule has 0 aliphatic carbocycles. The molecule has 1 atom stereocenters. The van der Waals surface area contributed by atoms with Crippen LogP contribution in [0.2, 0.25) is 0 Å². The third-order valence-corrected chi connectivity index (χ3v) is 3.38.